The summed E-state index contributed by atoms with van der Waals surface area (Å²) in [5.41, 5.74) is 1.43. The van der Waals surface area contributed by atoms with Crippen molar-refractivity contribution in [3.8, 4) is 0 Å². The van der Waals surface area contributed by atoms with E-state index in [1.807, 2.05) is 25.1 Å². The van der Waals surface area contributed by atoms with Gasteiger partial charge in [0, 0.05) is 29.9 Å². The van der Waals surface area contributed by atoms with Gasteiger partial charge in [-0.3, -0.25) is 4.79 Å². The molecule has 0 radical (unpaired) electrons. The summed E-state index contributed by atoms with van der Waals surface area (Å²) >= 11 is 0. The van der Waals surface area contributed by atoms with Crippen molar-refractivity contribution in [1.82, 2.24) is 14.8 Å². The van der Waals surface area contributed by atoms with E-state index in [-0.39, 0.29) is 17.8 Å². The fraction of sp³-hybridized carbons (Fsp3) is 0.158. The van der Waals surface area contributed by atoms with Crippen molar-refractivity contribution in [1.29, 1.82) is 0 Å². The number of carbonyl (C=O) groups excluding carboxylic acids is 1. The van der Waals surface area contributed by atoms with E-state index in [0.717, 1.165) is 28.5 Å². The second-order valence-corrected chi connectivity index (χ2v) is 5.80. The first-order valence-electron chi connectivity index (χ1n) is 8.02. The molecule has 0 N–H and O–H groups in total. The first-order valence-corrected chi connectivity index (χ1v) is 8.02. The molecule has 0 amide bonds. The lowest BCUT2D eigenvalue weighted by Gasteiger charge is -2.03. The van der Waals surface area contributed by atoms with E-state index in [1.54, 1.807) is 35.3 Å². The fourth-order valence-electron chi connectivity index (χ4n) is 2.88. The number of hydrogen-bond acceptors (Lipinski definition) is 5. The number of pyridine rings is 1. The maximum Gasteiger partial charge on any atom is 0.347 e. The Bertz CT molecular complexity index is 1160. The van der Waals surface area contributed by atoms with Crippen molar-refractivity contribution in [3.05, 3.63) is 70.3 Å². The van der Waals surface area contributed by atoms with Crippen LogP contribution in [0.25, 0.3) is 22.0 Å². The molecule has 0 fully saturated rings. The predicted octanol–water partition coefficient (Wildman–Crippen LogP) is 2.98. The van der Waals surface area contributed by atoms with Crippen LogP contribution in [0.3, 0.4) is 0 Å². The number of ketones is 1. The lowest BCUT2D eigenvalue weighted by Crippen LogP contribution is -2.15. The predicted molar refractivity (Wildman–Crippen MR) is 93.7 cm³/mol. The van der Waals surface area contributed by atoms with Gasteiger partial charge in [-0.1, -0.05) is 18.2 Å². The number of Topliss-reactive ketones (excluding diaryl/α,β-unsaturated/α-hetero) is 1. The van der Waals surface area contributed by atoms with Crippen molar-refractivity contribution in [2.24, 2.45) is 0 Å². The molecular weight excluding hydrogens is 318 g/mol. The molecule has 4 aromatic rings. The Hall–Kier alpha value is -3.28. The molecule has 0 saturated heterocycles. The molecule has 6 heteroatoms. The van der Waals surface area contributed by atoms with Crippen LogP contribution in [0.1, 0.15) is 22.8 Å². The van der Waals surface area contributed by atoms with Crippen LogP contribution < -0.4 is 5.63 Å². The zero-order valence-electron chi connectivity index (χ0n) is 13.6. The van der Waals surface area contributed by atoms with Crippen LogP contribution in [0, 0.1) is 0 Å². The van der Waals surface area contributed by atoms with E-state index in [1.165, 1.54) is 0 Å². The molecule has 1 aromatic carbocycles. The normalized spacial score (nSPS) is 11.2. The zero-order valence-corrected chi connectivity index (χ0v) is 13.6. The molecule has 0 aliphatic heterocycles. The van der Waals surface area contributed by atoms with Crippen LogP contribution >= 0.6 is 0 Å². The number of hydrogen-bond donors (Lipinski definition) is 0. The Kier molecular flexibility index (Phi) is 3.65. The SMILES string of the molecule is CCn1ncc2cc(CC(=O)c3cc4ccccc4oc3=O)cnc21. The third-order valence-electron chi connectivity index (χ3n) is 4.14. The van der Waals surface area contributed by atoms with Gasteiger partial charge in [0.15, 0.2) is 11.4 Å². The Morgan fingerprint density at radius 3 is 2.84 bits per heavy atom. The average molecular weight is 333 g/mol. The van der Waals surface area contributed by atoms with Gasteiger partial charge in [0.05, 0.1) is 6.20 Å². The number of benzene rings is 1. The number of rotatable bonds is 4. The van der Waals surface area contributed by atoms with Crippen LogP contribution in [-0.4, -0.2) is 20.5 Å². The van der Waals surface area contributed by atoms with Gasteiger partial charge >= 0.3 is 5.63 Å². The molecule has 0 saturated carbocycles. The second-order valence-electron chi connectivity index (χ2n) is 5.80. The summed E-state index contributed by atoms with van der Waals surface area (Å²) in [6.45, 7) is 2.72. The van der Waals surface area contributed by atoms with Gasteiger partial charge in [-0.05, 0) is 30.7 Å². The van der Waals surface area contributed by atoms with E-state index in [0.29, 0.717) is 5.58 Å². The third kappa shape index (κ3) is 2.71. The quantitative estimate of drug-likeness (QED) is 0.424. The van der Waals surface area contributed by atoms with Gasteiger partial charge in [0.2, 0.25) is 0 Å². The number of para-hydroxylation sites is 1. The molecule has 3 aromatic heterocycles. The highest BCUT2D eigenvalue weighted by Crippen LogP contribution is 2.16. The molecule has 0 aliphatic rings. The molecule has 4 rings (SSSR count). The van der Waals surface area contributed by atoms with Gasteiger partial charge in [-0.15, -0.1) is 0 Å². The van der Waals surface area contributed by atoms with Gasteiger partial charge < -0.3 is 4.42 Å². The first-order chi connectivity index (χ1) is 12.2. The van der Waals surface area contributed by atoms with E-state index >= 15 is 0 Å². The maximum atomic E-state index is 12.6. The Morgan fingerprint density at radius 2 is 2.00 bits per heavy atom. The number of aromatic nitrogens is 3. The molecule has 3 heterocycles. The number of nitrogens with zero attached hydrogens (tertiary/aromatic N) is 3. The summed E-state index contributed by atoms with van der Waals surface area (Å²) in [6, 6.07) is 10.6. The number of aryl methyl sites for hydroxylation is 1. The van der Waals surface area contributed by atoms with Crippen LogP contribution in [0.2, 0.25) is 0 Å². The molecule has 124 valence electrons. The summed E-state index contributed by atoms with van der Waals surface area (Å²) in [6.07, 6.45) is 3.46. The highest BCUT2D eigenvalue weighted by atomic mass is 16.4. The zero-order chi connectivity index (χ0) is 17.4. The Balaban J connectivity index is 1.68. The largest absolute Gasteiger partial charge is 0.422 e. The summed E-state index contributed by atoms with van der Waals surface area (Å²) in [4.78, 5) is 29.0. The topological polar surface area (TPSA) is 78.0 Å². The highest BCUT2D eigenvalue weighted by Gasteiger charge is 2.15. The van der Waals surface area contributed by atoms with Crippen molar-refractivity contribution < 1.29 is 9.21 Å². The summed E-state index contributed by atoms with van der Waals surface area (Å²) in [7, 11) is 0. The second kappa shape index (κ2) is 5.98. The third-order valence-corrected chi connectivity index (χ3v) is 4.14. The van der Waals surface area contributed by atoms with E-state index in [2.05, 4.69) is 10.1 Å². The Labute approximate surface area is 142 Å². The number of carbonyl (C=O) groups is 1. The van der Waals surface area contributed by atoms with E-state index in [9.17, 15) is 9.59 Å². The molecule has 0 bridgehead atoms. The summed E-state index contributed by atoms with van der Waals surface area (Å²) in [5.74, 6) is -0.288. The average Bonchev–Trinajstić information content (AvgIpc) is 3.03. The van der Waals surface area contributed by atoms with Gasteiger partial charge in [0.25, 0.3) is 0 Å². The molecule has 0 aliphatic carbocycles. The van der Waals surface area contributed by atoms with Gasteiger partial charge in [-0.2, -0.15) is 5.10 Å². The van der Waals surface area contributed by atoms with E-state index < -0.39 is 5.63 Å². The van der Waals surface area contributed by atoms with Crippen LogP contribution in [-0.2, 0) is 13.0 Å². The van der Waals surface area contributed by atoms with E-state index in [4.69, 9.17) is 4.42 Å². The minimum absolute atomic E-state index is 0.0584. The fourth-order valence-corrected chi connectivity index (χ4v) is 2.88. The van der Waals surface area contributed by atoms with Crippen LogP contribution in [0.15, 0.2) is 58.0 Å². The minimum Gasteiger partial charge on any atom is -0.422 e. The van der Waals surface area contributed by atoms with Crippen molar-refractivity contribution >= 4 is 27.8 Å². The van der Waals surface area contributed by atoms with Crippen molar-refractivity contribution in [2.75, 3.05) is 0 Å². The number of fused-ring (bicyclic) bond motifs is 2. The lowest BCUT2D eigenvalue weighted by molar-refractivity contribution is 0.0989. The standard InChI is InChI=1S/C19H15N3O3/c1-2-22-18-14(11-21-22)7-12(10-20-18)8-16(23)15-9-13-5-3-4-6-17(13)25-19(15)24/h3-7,9-11H,2,8H2,1H3. The summed E-state index contributed by atoms with van der Waals surface area (Å²) < 4.78 is 7.02. The molecule has 0 unspecified atom stereocenters. The molecule has 25 heavy (non-hydrogen) atoms. The molecule has 0 atom stereocenters. The summed E-state index contributed by atoms with van der Waals surface area (Å²) in [5, 5.41) is 5.84. The van der Waals surface area contributed by atoms with Crippen molar-refractivity contribution in [2.45, 2.75) is 19.9 Å². The smallest absolute Gasteiger partial charge is 0.347 e. The van der Waals surface area contributed by atoms with Crippen LogP contribution in [0.5, 0.6) is 0 Å². The van der Waals surface area contributed by atoms with Crippen molar-refractivity contribution in [3.63, 3.8) is 0 Å². The molecule has 0 spiro atoms. The lowest BCUT2D eigenvalue weighted by atomic mass is 10.0. The monoisotopic (exact) mass is 333 g/mol. The Morgan fingerprint density at radius 1 is 1.16 bits per heavy atom. The van der Waals surface area contributed by atoms with Crippen LogP contribution in [0.4, 0.5) is 0 Å². The van der Waals surface area contributed by atoms with Gasteiger partial charge in [0.1, 0.15) is 11.1 Å². The van der Waals surface area contributed by atoms with Gasteiger partial charge in [-0.25, -0.2) is 14.5 Å². The molecule has 6 nitrogen and oxygen atoms in total. The molecular formula is C19H15N3O3. The first kappa shape index (κ1) is 15.3. The minimum atomic E-state index is -0.614. The highest BCUT2D eigenvalue weighted by molar-refractivity contribution is 5.99. The maximum absolute atomic E-state index is 12.6.